The number of esters is 1. The number of carbonyl (C=O) groups excluding carboxylic acids is 1. The Morgan fingerprint density at radius 2 is 2.04 bits per heavy atom. The Labute approximate surface area is 132 Å². The molecule has 10 heteroatoms. The first-order valence-electron chi connectivity index (χ1n) is 6.60. The highest BCUT2D eigenvalue weighted by molar-refractivity contribution is 7.89. The minimum Gasteiger partial charge on any atom is -0.461 e. The maximum absolute atomic E-state index is 12.1. The van der Waals surface area contributed by atoms with Crippen LogP contribution in [0.4, 0.5) is 0 Å². The lowest BCUT2D eigenvalue weighted by atomic mass is 10.1. The zero-order chi connectivity index (χ0) is 17.2. The van der Waals surface area contributed by atoms with E-state index in [0.717, 1.165) is 12.7 Å². The van der Waals surface area contributed by atoms with Crippen LogP contribution in [0.5, 0.6) is 0 Å². The van der Waals surface area contributed by atoms with Crippen molar-refractivity contribution >= 4 is 21.7 Å². The number of nitrogens with one attached hydrogen (secondary N) is 1. The first-order chi connectivity index (χ1) is 10.8. The van der Waals surface area contributed by atoms with Crippen molar-refractivity contribution in [2.24, 2.45) is 0 Å². The van der Waals surface area contributed by atoms with Gasteiger partial charge in [-0.1, -0.05) is 17.7 Å². The van der Waals surface area contributed by atoms with Gasteiger partial charge in [0.1, 0.15) is 6.10 Å². The summed E-state index contributed by atoms with van der Waals surface area (Å²) in [4.78, 5) is 15.9. The molecule has 2 N–H and O–H groups in total. The van der Waals surface area contributed by atoms with Gasteiger partial charge >= 0.3 is 11.7 Å². The Morgan fingerprint density at radius 3 is 2.61 bits per heavy atom. The lowest BCUT2D eigenvalue weighted by Gasteiger charge is -2.15. The molecule has 9 nitrogen and oxygen atoms in total. The van der Waals surface area contributed by atoms with E-state index in [1.165, 1.54) is 12.1 Å². The number of aryl methyl sites for hydroxylation is 1. The zero-order valence-corrected chi connectivity index (χ0v) is 13.2. The number of carbonyl (C=O) groups is 1. The Morgan fingerprint density at radius 1 is 1.43 bits per heavy atom. The van der Waals surface area contributed by atoms with Gasteiger partial charge in [-0.25, -0.2) is 17.9 Å². The third-order valence-corrected chi connectivity index (χ3v) is 4.70. The smallest absolute Gasteiger partial charge is 0.407 e. The quantitative estimate of drug-likeness (QED) is 0.522. The van der Waals surface area contributed by atoms with Crippen molar-refractivity contribution in [1.82, 2.24) is 4.72 Å². The summed E-state index contributed by atoms with van der Waals surface area (Å²) in [6.07, 6.45) is -2.83. The number of benzene rings is 1. The number of methoxy groups -OCH3 is 1. The fourth-order valence-electron chi connectivity index (χ4n) is 1.96. The van der Waals surface area contributed by atoms with E-state index in [4.69, 9.17) is 4.84 Å². The summed E-state index contributed by atoms with van der Waals surface area (Å²) in [5.74, 6) is -1.05. The summed E-state index contributed by atoms with van der Waals surface area (Å²) >= 11 is 0. The van der Waals surface area contributed by atoms with Crippen molar-refractivity contribution in [2.75, 3.05) is 13.7 Å². The van der Waals surface area contributed by atoms with Gasteiger partial charge in [-0.2, -0.15) is 0 Å². The maximum Gasteiger partial charge on any atom is 0.407 e. The van der Waals surface area contributed by atoms with Crippen LogP contribution in [-0.4, -0.2) is 56.0 Å². The van der Waals surface area contributed by atoms with Crippen molar-refractivity contribution in [3.05, 3.63) is 35.0 Å². The number of nitrogens with zero attached hydrogens (tertiary/aromatic N) is 1. The minimum absolute atomic E-state index is 0.0340. The van der Waals surface area contributed by atoms with Gasteiger partial charge in [0.05, 0.1) is 16.9 Å². The molecule has 1 aliphatic heterocycles. The van der Waals surface area contributed by atoms with E-state index in [0.29, 0.717) is 0 Å². The van der Waals surface area contributed by atoms with Gasteiger partial charge in [0.15, 0.2) is 6.10 Å². The molecule has 23 heavy (non-hydrogen) atoms. The molecule has 2 atom stereocenters. The number of aliphatic hydroxyl groups is 1. The van der Waals surface area contributed by atoms with Crippen LogP contribution >= 0.6 is 0 Å². The molecule has 2 rings (SSSR count). The molecule has 1 aromatic rings. The molecular weight excluding hydrogens is 328 g/mol. The predicted molar refractivity (Wildman–Crippen MR) is 77.9 cm³/mol. The Bertz CT molecular complexity index is 727. The zero-order valence-electron chi connectivity index (χ0n) is 12.4. The molecule has 1 unspecified atom stereocenters. The maximum atomic E-state index is 12.1. The molecule has 0 spiro atoms. The number of ether oxygens (including phenoxy) is 1. The van der Waals surface area contributed by atoms with Crippen molar-refractivity contribution < 1.29 is 32.8 Å². The van der Waals surface area contributed by atoms with Crippen molar-refractivity contribution in [3.8, 4) is 0 Å². The highest BCUT2D eigenvalue weighted by Gasteiger charge is 2.44. The van der Waals surface area contributed by atoms with Crippen molar-refractivity contribution in [1.29, 1.82) is 0 Å². The lowest BCUT2D eigenvalue weighted by molar-refractivity contribution is -0.739. The number of aliphatic hydroxyl groups excluding tert-OH is 1. The highest BCUT2D eigenvalue weighted by Crippen LogP contribution is 2.14. The molecule has 0 fully saturated rings. The molecule has 0 saturated heterocycles. The average molecular weight is 344 g/mol. The number of rotatable bonds is 5. The molecule has 0 radical (unpaired) electrons. The topological polar surface area (TPSA) is 128 Å². The second kappa shape index (κ2) is 6.52. The fraction of sp³-hybridized carbons (Fsp3) is 0.385. The summed E-state index contributed by atoms with van der Waals surface area (Å²) < 4.78 is 30.8. The normalized spacial score (nSPS) is 21.2. The van der Waals surface area contributed by atoms with Crippen LogP contribution in [0.1, 0.15) is 5.56 Å². The summed E-state index contributed by atoms with van der Waals surface area (Å²) in [5.41, 5.74) is 0.268. The summed E-state index contributed by atoms with van der Waals surface area (Å²) in [7, 11) is -2.79. The third-order valence-electron chi connectivity index (χ3n) is 3.26. The predicted octanol–water partition coefficient (Wildman–Crippen LogP) is -0.928. The van der Waals surface area contributed by atoms with Gasteiger partial charge in [-0.15, -0.1) is 0 Å². The van der Waals surface area contributed by atoms with E-state index in [9.17, 15) is 23.5 Å². The van der Waals surface area contributed by atoms with E-state index < -0.39 is 40.5 Å². The minimum atomic E-state index is -3.84. The van der Waals surface area contributed by atoms with Crippen LogP contribution < -0.4 is 4.72 Å². The van der Waals surface area contributed by atoms with E-state index in [-0.39, 0.29) is 9.80 Å². The average Bonchev–Trinajstić information content (AvgIpc) is 2.79. The van der Waals surface area contributed by atoms with Gasteiger partial charge < -0.3 is 14.7 Å². The molecule has 0 bridgehead atoms. The van der Waals surface area contributed by atoms with Gasteiger partial charge in [-0.05, 0) is 19.1 Å². The highest BCUT2D eigenvalue weighted by atomic mass is 32.2. The molecule has 1 heterocycles. The second-order valence-electron chi connectivity index (χ2n) is 4.89. The number of hydrogen-bond donors (Lipinski definition) is 2. The van der Waals surface area contributed by atoms with Gasteiger partial charge in [0.25, 0.3) is 0 Å². The standard InChI is InChI=1S/C13H16N2O7S/c1-8-3-5-9(6-4-8)23(19,20)14-7-10-12(16)11(13(17)21-2)15(18)22-10/h3-6,10,12,14,16H,7H2,1-2H3/t10-,12?/m0/s1. The van der Waals surface area contributed by atoms with Crippen LogP contribution in [-0.2, 0) is 24.4 Å². The molecule has 1 aliphatic rings. The van der Waals surface area contributed by atoms with Crippen LogP contribution in [0, 0.1) is 12.1 Å². The second-order valence-corrected chi connectivity index (χ2v) is 6.65. The largest absolute Gasteiger partial charge is 0.461 e. The Balaban J connectivity index is 2.05. The van der Waals surface area contributed by atoms with E-state index in [1.54, 1.807) is 12.1 Å². The molecule has 1 aromatic carbocycles. The van der Waals surface area contributed by atoms with Crippen molar-refractivity contribution in [2.45, 2.75) is 24.0 Å². The molecule has 0 amide bonds. The van der Waals surface area contributed by atoms with Gasteiger partial charge in [0, 0.05) is 6.54 Å². The monoisotopic (exact) mass is 344 g/mol. The first kappa shape index (κ1) is 17.2. The first-order valence-corrected chi connectivity index (χ1v) is 8.08. The molecule has 0 saturated carbocycles. The van der Waals surface area contributed by atoms with Crippen LogP contribution in [0.25, 0.3) is 0 Å². The number of sulfonamides is 1. The Hall–Kier alpha value is -2.17. The Kier molecular flexibility index (Phi) is 4.88. The van der Waals surface area contributed by atoms with Crippen molar-refractivity contribution in [3.63, 3.8) is 0 Å². The summed E-state index contributed by atoms with van der Waals surface area (Å²) in [5, 5.41) is 21.3. The molecule has 126 valence electrons. The van der Waals surface area contributed by atoms with E-state index >= 15 is 0 Å². The lowest BCUT2D eigenvalue weighted by Crippen LogP contribution is -2.42. The van der Waals surface area contributed by atoms with E-state index in [1.807, 2.05) is 6.92 Å². The third kappa shape index (κ3) is 3.60. The SMILES string of the molecule is COC(=O)C1=[N+]([O-])O[C@@H](CNS(=O)(=O)c2ccc(C)cc2)C1O. The van der Waals surface area contributed by atoms with Gasteiger partial charge in [-0.3, -0.25) is 5.21 Å². The molecule has 0 aliphatic carbocycles. The molecule has 0 aromatic heterocycles. The number of hydrogen-bond acceptors (Lipinski definition) is 7. The van der Waals surface area contributed by atoms with E-state index in [2.05, 4.69) is 9.46 Å². The summed E-state index contributed by atoms with van der Waals surface area (Å²) in [6, 6.07) is 6.13. The van der Waals surface area contributed by atoms with Crippen LogP contribution in [0.3, 0.4) is 0 Å². The van der Waals surface area contributed by atoms with Crippen LogP contribution in [0.15, 0.2) is 29.2 Å². The summed E-state index contributed by atoms with van der Waals surface area (Å²) in [6.45, 7) is 1.43. The van der Waals surface area contributed by atoms with Crippen LogP contribution in [0.2, 0.25) is 0 Å². The van der Waals surface area contributed by atoms with Gasteiger partial charge in [0.2, 0.25) is 10.0 Å². The molecular formula is C13H16N2O7S. The fourth-order valence-corrected chi connectivity index (χ4v) is 3.01.